The van der Waals surface area contributed by atoms with Crippen LogP contribution >= 0.6 is 11.6 Å². The van der Waals surface area contributed by atoms with Crippen LogP contribution in [0.5, 0.6) is 0 Å². The van der Waals surface area contributed by atoms with Crippen molar-refractivity contribution in [3.8, 4) is 0 Å². The first kappa shape index (κ1) is 15.0. The highest BCUT2D eigenvalue weighted by Crippen LogP contribution is 2.24. The van der Waals surface area contributed by atoms with Crippen molar-refractivity contribution in [2.75, 3.05) is 11.9 Å². The molecule has 108 valence electrons. The van der Waals surface area contributed by atoms with E-state index in [1.165, 1.54) is 0 Å². The molecule has 1 atom stereocenters. The van der Waals surface area contributed by atoms with Gasteiger partial charge < -0.3 is 5.32 Å². The van der Waals surface area contributed by atoms with Gasteiger partial charge in [-0.15, -0.1) is 11.6 Å². The second-order valence-corrected chi connectivity index (χ2v) is 7.01. The van der Waals surface area contributed by atoms with Crippen LogP contribution in [0.3, 0.4) is 0 Å². The highest BCUT2D eigenvalue weighted by Gasteiger charge is 2.17. The number of aromatic nitrogens is 2. The van der Waals surface area contributed by atoms with Gasteiger partial charge >= 0.3 is 0 Å². The lowest BCUT2D eigenvalue weighted by molar-refractivity contribution is 0.373. The average Bonchev–Trinajstić information content (AvgIpc) is 2.34. The fraction of sp³-hybridized carbons (Fsp3) is 0.500. The molecule has 0 fully saturated rings. The second kappa shape index (κ2) is 5.96. The Kier molecular flexibility index (Phi) is 4.48. The minimum absolute atomic E-state index is 0.0858. The summed E-state index contributed by atoms with van der Waals surface area (Å²) in [5.41, 5.74) is 2.97. The fourth-order valence-corrected chi connectivity index (χ4v) is 2.74. The number of rotatable bonds is 4. The van der Waals surface area contributed by atoms with Crippen LogP contribution in [0, 0.1) is 12.3 Å². The topological polar surface area (TPSA) is 37.8 Å². The third kappa shape index (κ3) is 4.07. The Hall–Kier alpha value is -1.35. The van der Waals surface area contributed by atoms with E-state index in [9.17, 15) is 0 Å². The summed E-state index contributed by atoms with van der Waals surface area (Å²) in [6, 6.07) is 7.89. The molecule has 1 heterocycles. The monoisotopic (exact) mass is 291 g/mol. The summed E-state index contributed by atoms with van der Waals surface area (Å²) in [5, 5.41) is 3.41. The highest BCUT2D eigenvalue weighted by atomic mass is 35.5. The van der Waals surface area contributed by atoms with Crippen LogP contribution in [-0.4, -0.2) is 21.9 Å². The van der Waals surface area contributed by atoms with E-state index in [0.29, 0.717) is 6.54 Å². The van der Waals surface area contributed by atoms with E-state index in [4.69, 9.17) is 11.6 Å². The summed E-state index contributed by atoms with van der Waals surface area (Å²) in [4.78, 5) is 9.17. The molecule has 3 nitrogen and oxygen atoms in total. The van der Waals surface area contributed by atoms with Crippen LogP contribution in [0.1, 0.15) is 32.9 Å². The summed E-state index contributed by atoms with van der Waals surface area (Å²) >= 11 is 6.38. The van der Waals surface area contributed by atoms with E-state index < -0.39 is 0 Å². The summed E-state index contributed by atoms with van der Waals surface area (Å²) in [7, 11) is 0. The third-order valence-corrected chi connectivity index (χ3v) is 3.38. The van der Waals surface area contributed by atoms with E-state index in [1.807, 2.05) is 31.2 Å². The molecule has 1 unspecified atom stereocenters. The van der Waals surface area contributed by atoms with Gasteiger partial charge in [-0.1, -0.05) is 32.9 Å². The number of halogens is 1. The zero-order valence-electron chi connectivity index (χ0n) is 12.6. The number of alkyl halides is 1. The number of nitrogens with zero attached hydrogens (tertiary/aromatic N) is 2. The lowest BCUT2D eigenvalue weighted by Crippen LogP contribution is -2.21. The molecule has 1 aromatic carbocycles. The minimum atomic E-state index is 0.0858. The molecule has 0 spiro atoms. The maximum absolute atomic E-state index is 6.38. The highest BCUT2D eigenvalue weighted by molar-refractivity contribution is 6.20. The minimum Gasteiger partial charge on any atom is -0.367 e. The van der Waals surface area contributed by atoms with Crippen molar-refractivity contribution in [2.45, 2.75) is 39.5 Å². The predicted octanol–water partition coefficient (Wildman–Crippen LogP) is 4.39. The zero-order chi connectivity index (χ0) is 14.8. The molecule has 2 aromatic rings. The van der Waals surface area contributed by atoms with Crippen LogP contribution in [0.4, 0.5) is 5.82 Å². The Morgan fingerprint density at radius 2 is 1.75 bits per heavy atom. The van der Waals surface area contributed by atoms with Crippen molar-refractivity contribution >= 4 is 28.5 Å². The molecule has 0 bridgehead atoms. The Bertz CT molecular complexity index is 590. The number of fused-ring (bicyclic) bond motifs is 1. The number of aryl methyl sites for hydroxylation is 1. The van der Waals surface area contributed by atoms with Gasteiger partial charge in [0.25, 0.3) is 0 Å². The Morgan fingerprint density at radius 1 is 1.15 bits per heavy atom. The molecule has 0 amide bonds. The summed E-state index contributed by atoms with van der Waals surface area (Å²) in [6.07, 6.45) is 0.960. The Balaban J connectivity index is 2.08. The lowest BCUT2D eigenvalue weighted by atomic mass is 9.90. The van der Waals surface area contributed by atoms with Crippen molar-refractivity contribution in [1.82, 2.24) is 9.97 Å². The molecule has 1 N–H and O–H groups in total. The molecular formula is C16H22ClN3. The first-order valence-electron chi connectivity index (χ1n) is 6.96. The van der Waals surface area contributed by atoms with Crippen LogP contribution in [0.2, 0.25) is 0 Å². The fourth-order valence-electron chi connectivity index (χ4n) is 2.20. The van der Waals surface area contributed by atoms with E-state index in [-0.39, 0.29) is 10.8 Å². The van der Waals surface area contributed by atoms with Crippen molar-refractivity contribution in [2.24, 2.45) is 5.41 Å². The molecule has 20 heavy (non-hydrogen) atoms. The number of nitrogens with one attached hydrogen (secondary N) is 1. The van der Waals surface area contributed by atoms with Gasteiger partial charge in [0.2, 0.25) is 0 Å². The van der Waals surface area contributed by atoms with E-state index in [0.717, 1.165) is 29.0 Å². The van der Waals surface area contributed by atoms with Gasteiger partial charge in [-0.3, -0.25) is 0 Å². The van der Waals surface area contributed by atoms with Gasteiger partial charge in [0.1, 0.15) is 5.82 Å². The number of hydrogen-bond acceptors (Lipinski definition) is 3. The van der Waals surface area contributed by atoms with E-state index in [1.54, 1.807) is 0 Å². The number of benzene rings is 1. The maximum atomic E-state index is 6.38. The molecule has 4 heteroatoms. The number of para-hydroxylation sites is 2. The zero-order valence-corrected chi connectivity index (χ0v) is 13.3. The van der Waals surface area contributed by atoms with Crippen LogP contribution in [-0.2, 0) is 0 Å². The van der Waals surface area contributed by atoms with Crippen molar-refractivity contribution in [3.05, 3.63) is 30.0 Å². The SMILES string of the molecule is Cc1nc2ccccc2nc1NCC(Cl)CC(C)(C)C. The van der Waals surface area contributed by atoms with Gasteiger partial charge in [0.15, 0.2) is 0 Å². The molecule has 0 saturated heterocycles. The first-order valence-corrected chi connectivity index (χ1v) is 7.40. The average molecular weight is 292 g/mol. The van der Waals surface area contributed by atoms with Crippen molar-refractivity contribution < 1.29 is 0 Å². The maximum Gasteiger partial charge on any atom is 0.148 e. The van der Waals surface area contributed by atoms with Crippen LogP contribution in [0.25, 0.3) is 11.0 Å². The number of anilines is 1. The third-order valence-electron chi connectivity index (χ3n) is 3.07. The largest absolute Gasteiger partial charge is 0.367 e. The molecule has 0 saturated carbocycles. The molecule has 0 aliphatic heterocycles. The molecule has 2 rings (SSSR count). The summed E-state index contributed by atoms with van der Waals surface area (Å²) in [6.45, 7) is 9.26. The van der Waals surface area contributed by atoms with Crippen LogP contribution in [0.15, 0.2) is 24.3 Å². The number of hydrogen-bond donors (Lipinski definition) is 1. The van der Waals surface area contributed by atoms with E-state index in [2.05, 4.69) is 36.1 Å². The summed E-state index contributed by atoms with van der Waals surface area (Å²) < 4.78 is 0. The molecule has 1 aromatic heterocycles. The van der Waals surface area contributed by atoms with Gasteiger partial charge in [-0.05, 0) is 30.9 Å². The lowest BCUT2D eigenvalue weighted by Gasteiger charge is -2.22. The van der Waals surface area contributed by atoms with Gasteiger partial charge in [-0.25, -0.2) is 9.97 Å². The molecular weight excluding hydrogens is 270 g/mol. The molecule has 0 radical (unpaired) electrons. The predicted molar refractivity (Wildman–Crippen MR) is 86.5 cm³/mol. The molecule has 0 aliphatic rings. The Morgan fingerprint density at radius 3 is 2.35 bits per heavy atom. The summed E-state index contributed by atoms with van der Waals surface area (Å²) in [5.74, 6) is 0.822. The molecule has 0 aliphatic carbocycles. The van der Waals surface area contributed by atoms with Gasteiger partial charge in [0, 0.05) is 6.54 Å². The van der Waals surface area contributed by atoms with Crippen LogP contribution < -0.4 is 5.32 Å². The van der Waals surface area contributed by atoms with Gasteiger partial charge in [0.05, 0.1) is 22.1 Å². The Labute approximate surface area is 125 Å². The quantitative estimate of drug-likeness (QED) is 0.849. The normalized spacial score (nSPS) is 13.4. The smallest absolute Gasteiger partial charge is 0.148 e. The second-order valence-electron chi connectivity index (χ2n) is 6.39. The standard InChI is InChI=1S/C16H22ClN3/c1-11-15(18-10-12(17)9-16(2,3)4)20-14-8-6-5-7-13(14)19-11/h5-8,12H,9-10H2,1-4H3,(H,18,20). The van der Waals surface area contributed by atoms with Gasteiger partial charge in [-0.2, -0.15) is 0 Å². The first-order chi connectivity index (χ1) is 9.35. The van der Waals surface area contributed by atoms with E-state index >= 15 is 0 Å². The van der Waals surface area contributed by atoms with Crippen molar-refractivity contribution in [1.29, 1.82) is 0 Å². The van der Waals surface area contributed by atoms with Crippen molar-refractivity contribution in [3.63, 3.8) is 0 Å².